The van der Waals surface area contributed by atoms with Crippen molar-refractivity contribution in [2.45, 2.75) is 25.9 Å². The SMILES string of the molecule is COc1cccc([C@H]2c3[nH]c4ccccc4c3CCN2Cc2cccc(C)n2)c1. The van der Waals surface area contributed by atoms with Gasteiger partial charge >= 0.3 is 0 Å². The molecule has 2 aromatic heterocycles. The average molecular weight is 383 g/mol. The Balaban J connectivity index is 1.62. The van der Waals surface area contributed by atoms with Crippen molar-refractivity contribution in [1.29, 1.82) is 0 Å². The van der Waals surface area contributed by atoms with Crippen LogP contribution in [0.5, 0.6) is 5.75 Å². The number of hydrogen-bond donors (Lipinski definition) is 1. The first-order valence-corrected chi connectivity index (χ1v) is 10.1. The fraction of sp³-hybridized carbons (Fsp3) is 0.240. The Kier molecular flexibility index (Phi) is 4.57. The molecule has 4 aromatic rings. The van der Waals surface area contributed by atoms with Gasteiger partial charge in [0.25, 0.3) is 0 Å². The summed E-state index contributed by atoms with van der Waals surface area (Å²) in [6.45, 7) is 3.86. The molecule has 2 aromatic carbocycles. The van der Waals surface area contributed by atoms with Crippen molar-refractivity contribution in [3.63, 3.8) is 0 Å². The fourth-order valence-electron chi connectivity index (χ4n) is 4.55. The van der Waals surface area contributed by atoms with E-state index in [-0.39, 0.29) is 6.04 Å². The molecule has 0 aliphatic carbocycles. The van der Waals surface area contributed by atoms with E-state index in [1.54, 1.807) is 7.11 Å². The maximum Gasteiger partial charge on any atom is 0.119 e. The molecule has 0 unspecified atom stereocenters. The molecule has 4 nitrogen and oxygen atoms in total. The van der Waals surface area contributed by atoms with E-state index in [0.717, 1.165) is 36.6 Å². The van der Waals surface area contributed by atoms with E-state index < -0.39 is 0 Å². The molecule has 29 heavy (non-hydrogen) atoms. The Hall–Kier alpha value is -3.11. The summed E-state index contributed by atoms with van der Waals surface area (Å²) in [6, 6.07) is 23.5. The van der Waals surface area contributed by atoms with Crippen LogP contribution in [0.1, 0.15) is 34.3 Å². The van der Waals surface area contributed by atoms with Crippen molar-refractivity contribution in [3.8, 4) is 5.75 Å². The summed E-state index contributed by atoms with van der Waals surface area (Å²) < 4.78 is 5.52. The van der Waals surface area contributed by atoms with Crippen LogP contribution in [0.3, 0.4) is 0 Å². The smallest absolute Gasteiger partial charge is 0.119 e. The molecule has 146 valence electrons. The first-order valence-electron chi connectivity index (χ1n) is 10.1. The van der Waals surface area contributed by atoms with Gasteiger partial charge in [-0.05, 0) is 54.8 Å². The first-order chi connectivity index (χ1) is 14.2. The van der Waals surface area contributed by atoms with E-state index >= 15 is 0 Å². The molecule has 0 spiro atoms. The predicted molar refractivity (Wildman–Crippen MR) is 116 cm³/mol. The molecule has 3 heterocycles. The van der Waals surface area contributed by atoms with E-state index in [1.807, 2.05) is 6.07 Å². The second kappa shape index (κ2) is 7.37. The summed E-state index contributed by atoms with van der Waals surface area (Å²) >= 11 is 0. The molecule has 1 aliphatic heterocycles. The highest BCUT2D eigenvalue weighted by atomic mass is 16.5. The lowest BCUT2D eigenvalue weighted by Gasteiger charge is -2.36. The fourth-order valence-corrected chi connectivity index (χ4v) is 4.55. The first kappa shape index (κ1) is 18.0. The van der Waals surface area contributed by atoms with Gasteiger partial charge in [0, 0.05) is 35.4 Å². The quantitative estimate of drug-likeness (QED) is 0.537. The topological polar surface area (TPSA) is 41.1 Å². The molecule has 1 N–H and O–H groups in total. The van der Waals surface area contributed by atoms with Gasteiger partial charge in [-0.1, -0.05) is 36.4 Å². The molecule has 4 heteroatoms. The van der Waals surface area contributed by atoms with Gasteiger partial charge in [0.1, 0.15) is 5.75 Å². The number of pyridine rings is 1. The number of fused-ring (bicyclic) bond motifs is 3. The van der Waals surface area contributed by atoms with E-state index in [4.69, 9.17) is 9.72 Å². The molecule has 1 aliphatic rings. The highest BCUT2D eigenvalue weighted by Crippen LogP contribution is 2.39. The molecule has 0 saturated carbocycles. The number of rotatable bonds is 4. The van der Waals surface area contributed by atoms with Crippen LogP contribution in [0, 0.1) is 6.92 Å². The number of aryl methyl sites for hydroxylation is 1. The Morgan fingerprint density at radius 1 is 1.07 bits per heavy atom. The summed E-state index contributed by atoms with van der Waals surface area (Å²) in [6.07, 6.45) is 1.03. The van der Waals surface area contributed by atoms with Gasteiger partial charge in [0.15, 0.2) is 0 Å². The van der Waals surface area contributed by atoms with Crippen molar-refractivity contribution in [2.24, 2.45) is 0 Å². The van der Waals surface area contributed by atoms with Crippen LogP contribution >= 0.6 is 0 Å². The van der Waals surface area contributed by atoms with Crippen LogP contribution in [0.4, 0.5) is 0 Å². The van der Waals surface area contributed by atoms with E-state index in [9.17, 15) is 0 Å². The second-order valence-corrected chi connectivity index (χ2v) is 7.73. The van der Waals surface area contributed by atoms with Crippen LogP contribution in [-0.4, -0.2) is 28.5 Å². The summed E-state index contributed by atoms with van der Waals surface area (Å²) in [5, 5.41) is 1.34. The third-order valence-corrected chi connectivity index (χ3v) is 5.85. The maximum atomic E-state index is 5.52. The number of ether oxygens (including phenoxy) is 1. The van der Waals surface area contributed by atoms with Gasteiger partial charge in [-0.25, -0.2) is 0 Å². The summed E-state index contributed by atoms with van der Waals surface area (Å²) in [5.74, 6) is 0.888. The molecule has 0 radical (unpaired) electrons. The van der Waals surface area contributed by atoms with Gasteiger partial charge < -0.3 is 9.72 Å². The Morgan fingerprint density at radius 3 is 2.79 bits per heavy atom. The highest BCUT2D eigenvalue weighted by Gasteiger charge is 2.32. The molecular weight excluding hydrogens is 358 g/mol. The standard InChI is InChI=1S/C25H25N3O/c1-17-7-5-9-19(26-17)16-28-14-13-22-21-11-3-4-12-23(21)27-24(22)25(28)18-8-6-10-20(15-18)29-2/h3-12,15,25,27H,13-14,16H2,1-2H3/t25-/m0/s1. The minimum atomic E-state index is 0.142. The molecule has 1 atom stereocenters. The van der Waals surface area contributed by atoms with Crippen molar-refractivity contribution < 1.29 is 4.74 Å². The zero-order chi connectivity index (χ0) is 19.8. The zero-order valence-electron chi connectivity index (χ0n) is 16.9. The van der Waals surface area contributed by atoms with Crippen LogP contribution < -0.4 is 4.74 Å². The Bertz CT molecular complexity index is 1160. The monoisotopic (exact) mass is 383 g/mol. The summed E-state index contributed by atoms with van der Waals surface area (Å²) in [4.78, 5) is 11.0. The molecule has 0 amide bonds. The van der Waals surface area contributed by atoms with E-state index in [2.05, 4.69) is 77.5 Å². The van der Waals surface area contributed by atoms with Gasteiger partial charge in [0.2, 0.25) is 0 Å². The third-order valence-electron chi connectivity index (χ3n) is 5.85. The number of para-hydroxylation sites is 1. The number of aromatic nitrogens is 2. The number of benzene rings is 2. The minimum absolute atomic E-state index is 0.142. The van der Waals surface area contributed by atoms with Gasteiger partial charge in [-0.15, -0.1) is 0 Å². The lowest BCUT2D eigenvalue weighted by Crippen LogP contribution is -2.36. The number of methoxy groups -OCH3 is 1. The van der Waals surface area contributed by atoms with Crippen LogP contribution in [0.2, 0.25) is 0 Å². The minimum Gasteiger partial charge on any atom is -0.497 e. The van der Waals surface area contributed by atoms with Crippen molar-refractivity contribution in [1.82, 2.24) is 14.9 Å². The molecule has 0 fully saturated rings. The normalized spacial score (nSPS) is 16.7. The molecule has 0 saturated heterocycles. The van der Waals surface area contributed by atoms with Crippen molar-refractivity contribution in [2.75, 3.05) is 13.7 Å². The predicted octanol–water partition coefficient (Wildman–Crippen LogP) is 5.03. The lowest BCUT2D eigenvalue weighted by atomic mass is 9.92. The number of H-pyrrole nitrogens is 1. The number of aromatic amines is 1. The third kappa shape index (κ3) is 3.30. The number of nitrogens with zero attached hydrogens (tertiary/aromatic N) is 2. The molecule has 0 bridgehead atoms. The Morgan fingerprint density at radius 2 is 1.93 bits per heavy atom. The average Bonchev–Trinajstić information content (AvgIpc) is 3.12. The van der Waals surface area contributed by atoms with Crippen LogP contribution in [0.25, 0.3) is 10.9 Å². The van der Waals surface area contributed by atoms with Gasteiger partial charge in [-0.3, -0.25) is 9.88 Å². The van der Waals surface area contributed by atoms with E-state index in [0.29, 0.717) is 0 Å². The molecular formula is C25H25N3O. The van der Waals surface area contributed by atoms with Crippen molar-refractivity contribution in [3.05, 3.63) is 94.9 Å². The number of hydrogen-bond acceptors (Lipinski definition) is 3. The molecule has 5 rings (SSSR count). The lowest BCUT2D eigenvalue weighted by molar-refractivity contribution is 0.199. The van der Waals surface area contributed by atoms with Crippen molar-refractivity contribution >= 4 is 10.9 Å². The van der Waals surface area contributed by atoms with E-state index in [1.165, 1.54) is 27.7 Å². The van der Waals surface area contributed by atoms with Crippen LogP contribution in [0.15, 0.2) is 66.7 Å². The number of nitrogens with one attached hydrogen (secondary N) is 1. The van der Waals surface area contributed by atoms with Gasteiger partial charge in [-0.2, -0.15) is 0 Å². The van der Waals surface area contributed by atoms with Crippen LogP contribution in [-0.2, 0) is 13.0 Å². The second-order valence-electron chi connectivity index (χ2n) is 7.73. The van der Waals surface area contributed by atoms with Gasteiger partial charge in [0.05, 0.1) is 18.8 Å². The highest BCUT2D eigenvalue weighted by molar-refractivity contribution is 5.85. The zero-order valence-corrected chi connectivity index (χ0v) is 16.9. The Labute approximate surface area is 171 Å². The largest absolute Gasteiger partial charge is 0.497 e. The summed E-state index contributed by atoms with van der Waals surface area (Å²) in [7, 11) is 1.72. The summed E-state index contributed by atoms with van der Waals surface area (Å²) in [5.41, 5.74) is 7.34. The maximum absolute atomic E-state index is 5.52.